The first kappa shape index (κ1) is 14.0. The number of halogens is 1. The molecule has 0 bridgehead atoms. The number of benzene rings is 2. The fourth-order valence-electron chi connectivity index (χ4n) is 2.53. The van der Waals surface area contributed by atoms with Gasteiger partial charge in [-0.3, -0.25) is 4.79 Å². The third-order valence-electron chi connectivity index (χ3n) is 3.68. The summed E-state index contributed by atoms with van der Waals surface area (Å²) >= 11 is 6.15. The first-order valence-corrected chi connectivity index (χ1v) is 7.45. The number of amides is 1. The molecule has 1 aliphatic rings. The minimum Gasteiger partial charge on any atom is -0.385 e. The Balaban J connectivity index is 1.82. The average molecular weight is 301 g/mol. The van der Waals surface area contributed by atoms with Crippen molar-refractivity contribution in [2.75, 3.05) is 17.2 Å². The Morgan fingerprint density at radius 1 is 1.24 bits per heavy atom. The molecule has 0 spiro atoms. The number of rotatable bonds is 2. The summed E-state index contributed by atoms with van der Waals surface area (Å²) in [6, 6.07) is 11.4. The highest BCUT2D eigenvalue weighted by Gasteiger charge is 2.13. The number of carbonyl (C=O) groups excluding carboxylic acids is 1. The van der Waals surface area contributed by atoms with Crippen molar-refractivity contribution < 1.29 is 4.79 Å². The quantitative estimate of drug-likeness (QED) is 0.870. The Morgan fingerprint density at radius 2 is 2.10 bits per heavy atom. The number of nitrogens with one attached hydrogen (secondary N) is 2. The predicted molar refractivity (Wildman–Crippen MR) is 87.4 cm³/mol. The minimum absolute atomic E-state index is 0.130. The molecule has 108 valence electrons. The molecule has 0 radical (unpaired) electrons. The van der Waals surface area contributed by atoms with Gasteiger partial charge in [0.05, 0.1) is 10.7 Å². The van der Waals surface area contributed by atoms with Crippen molar-refractivity contribution in [1.82, 2.24) is 0 Å². The summed E-state index contributed by atoms with van der Waals surface area (Å²) in [4.78, 5) is 12.3. The molecule has 3 rings (SSSR count). The molecule has 0 saturated carbocycles. The first-order valence-electron chi connectivity index (χ1n) is 7.08. The summed E-state index contributed by atoms with van der Waals surface area (Å²) in [5, 5.41) is 6.77. The van der Waals surface area contributed by atoms with Crippen LogP contribution in [0, 0.1) is 6.92 Å². The normalized spacial score (nSPS) is 13.2. The summed E-state index contributed by atoms with van der Waals surface area (Å²) in [5.74, 6) is -0.130. The van der Waals surface area contributed by atoms with E-state index in [4.69, 9.17) is 11.6 Å². The highest BCUT2D eigenvalue weighted by Crippen LogP contribution is 2.25. The summed E-state index contributed by atoms with van der Waals surface area (Å²) in [5.41, 5.74) is 4.70. The van der Waals surface area contributed by atoms with E-state index in [1.54, 1.807) is 0 Å². The largest absolute Gasteiger partial charge is 0.385 e. The van der Waals surface area contributed by atoms with Crippen LogP contribution in [0.2, 0.25) is 5.02 Å². The smallest absolute Gasteiger partial charge is 0.255 e. The molecule has 1 amide bonds. The molecule has 0 unspecified atom stereocenters. The zero-order chi connectivity index (χ0) is 14.8. The van der Waals surface area contributed by atoms with Crippen molar-refractivity contribution in [1.29, 1.82) is 0 Å². The second kappa shape index (κ2) is 5.78. The van der Waals surface area contributed by atoms with Crippen LogP contribution in [0.5, 0.6) is 0 Å². The van der Waals surface area contributed by atoms with Gasteiger partial charge in [0, 0.05) is 17.8 Å². The molecule has 2 N–H and O–H groups in total. The lowest BCUT2D eigenvalue weighted by Crippen LogP contribution is -2.15. The summed E-state index contributed by atoms with van der Waals surface area (Å²) in [7, 11) is 0. The van der Waals surface area contributed by atoms with E-state index in [0.717, 1.165) is 30.6 Å². The average Bonchev–Trinajstić information content (AvgIpc) is 2.49. The van der Waals surface area contributed by atoms with Gasteiger partial charge in [0.15, 0.2) is 0 Å². The van der Waals surface area contributed by atoms with Crippen molar-refractivity contribution in [2.45, 2.75) is 19.8 Å². The van der Waals surface area contributed by atoms with Crippen molar-refractivity contribution in [2.24, 2.45) is 0 Å². The third kappa shape index (κ3) is 3.03. The van der Waals surface area contributed by atoms with Gasteiger partial charge < -0.3 is 10.6 Å². The third-order valence-corrected chi connectivity index (χ3v) is 3.99. The van der Waals surface area contributed by atoms with Crippen LogP contribution >= 0.6 is 11.6 Å². The molecule has 21 heavy (non-hydrogen) atoms. The summed E-state index contributed by atoms with van der Waals surface area (Å²) in [6.07, 6.45) is 2.11. The second-order valence-electron chi connectivity index (χ2n) is 5.34. The molecule has 2 aromatic rings. The van der Waals surface area contributed by atoms with E-state index in [-0.39, 0.29) is 5.91 Å². The number of hydrogen-bond donors (Lipinski definition) is 2. The maximum absolute atomic E-state index is 12.3. The molecule has 4 heteroatoms. The summed E-state index contributed by atoms with van der Waals surface area (Å²) in [6.45, 7) is 2.96. The molecule has 0 aliphatic carbocycles. The van der Waals surface area contributed by atoms with Gasteiger partial charge in [0.25, 0.3) is 5.91 Å². The lowest BCUT2D eigenvalue weighted by atomic mass is 10.0. The monoisotopic (exact) mass is 300 g/mol. The molecular weight excluding hydrogens is 284 g/mol. The number of hydrogen-bond acceptors (Lipinski definition) is 2. The summed E-state index contributed by atoms with van der Waals surface area (Å²) < 4.78 is 0. The Morgan fingerprint density at radius 3 is 2.90 bits per heavy atom. The maximum Gasteiger partial charge on any atom is 0.255 e. The number of carbonyl (C=O) groups is 1. The lowest BCUT2D eigenvalue weighted by molar-refractivity contribution is 0.102. The van der Waals surface area contributed by atoms with Gasteiger partial charge in [-0.1, -0.05) is 17.7 Å². The van der Waals surface area contributed by atoms with E-state index >= 15 is 0 Å². The number of fused-ring (bicyclic) bond motifs is 1. The molecular formula is C17H17ClN2O. The van der Waals surface area contributed by atoms with Crippen LogP contribution < -0.4 is 10.6 Å². The molecule has 0 saturated heterocycles. The zero-order valence-electron chi connectivity index (χ0n) is 11.9. The predicted octanol–water partition coefficient (Wildman–Crippen LogP) is 4.26. The zero-order valence-corrected chi connectivity index (χ0v) is 12.6. The lowest BCUT2D eigenvalue weighted by Gasteiger charge is -2.18. The van der Waals surface area contributed by atoms with Gasteiger partial charge in [-0.25, -0.2) is 0 Å². The van der Waals surface area contributed by atoms with Crippen molar-refractivity contribution in [3.8, 4) is 0 Å². The molecule has 0 aromatic heterocycles. The molecule has 0 atom stereocenters. The highest BCUT2D eigenvalue weighted by molar-refractivity contribution is 6.34. The van der Waals surface area contributed by atoms with Crippen LogP contribution in [-0.2, 0) is 6.42 Å². The van der Waals surface area contributed by atoms with E-state index < -0.39 is 0 Å². The topological polar surface area (TPSA) is 41.1 Å². The van der Waals surface area contributed by atoms with Crippen LogP contribution in [0.4, 0.5) is 11.4 Å². The van der Waals surface area contributed by atoms with Crippen molar-refractivity contribution >= 4 is 28.9 Å². The maximum atomic E-state index is 12.3. The fraction of sp³-hybridized carbons (Fsp3) is 0.235. The Bertz CT molecular complexity index is 697. The van der Waals surface area contributed by atoms with Gasteiger partial charge in [0.2, 0.25) is 0 Å². The minimum atomic E-state index is -0.130. The van der Waals surface area contributed by atoms with Gasteiger partial charge in [-0.05, 0) is 61.2 Å². The number of aryl methyl sites for hydroxylation is 2. The van der Waals surface area contributed by atoms with Crippen LogP contribution in [0.3, 0.4) is 0 Å². The van der Waals surface area contributed by atoms with Crippen LogP contribution in [0.1, 0.15) is 27.9 Å². The number of anilines is 2. The van der Waals surface area contributed by atoms with E-state index in [9.17, 15) is 4.79 Å². The Labute approximate surface area is 129 Å². The van der Waals surface area contributed by atoms with E-state index in [0.29, 0.717) is 16.3 Å². The van der Waals surface area contributed by atoms with E-state index in [2.05, 4.69) is 10.6 Å². The van der Waals surface area contributed by atoms with Crippen molar-refractivity contribution in [3.63, 3.8) is 0 Å². The van der Waals surface area contributed by atoms with Gasteiger partial charge in [0.1, 0.15) is 0 Å². The van der Waals surface area contributed by atoms with E-state index in [1.807, 2.05) is 43.3 Å². The highest BCUT2D eigenvalue weighted by atomic mass is 35.5. The van der Waals surface area contributed by atoms with Crippen LogP contribution in [-0.4, -0.2) is 12.5 Å². The van der Waals surface area contributed by atoms with Gasteiger partial charge in [-0.2, -0.15) is 0 Å². The van der Waals surface area contributed by atoms with Crippen molar-refractivity contribution in [3.05, 3.63) is 58.1 Å². The van der Waals surface area contributed by atoms with Crippen LogP contribution in [0.15, 0.2) is 36.4 Å². The van der Waals surface area contributed by atoms with Gasteiger partial charge in [-0.15, -0.1) is 0 Å². The standard InChI is InChI=1S/C17H17ClN2O/c1-11-4-6-16(14(18)9-11)20-17(21)13-5-7-15-12(10-13)3-2-8-19-15/h4-7,9-10,19H,2-3,8H2,1H3,(H,20,21). The molecule has 2 aromatic carbocycles. The van der Waals surface area contributed by atoms with Crippen LogP contribution in [0.25, 0.3) is 0 Å². The molecule has 0 fully saturated rings. The fourth-order valence-corrected chi connectivity index (χ4v) is 2.81. The molecule has 3 nitrogen and oxygen atoms in total. The van der Waals surface area contributed by atoms with E-state index in [1.165, 1.54) is 5.56 Å². The SMILES string of the molecule is Cc1ccc(NC(=O)c2ccc3c(c2)CCCN3)c(Cl)c1. The Kier molecular flexibility index (Phi) is 3.84. The van der Waals surface area contributed by atoms with Gasteiger partial charge >= 0.3 is 0 Å². The first-order chi connectivity index (χ1) is 10.1. The molecule has 1 heterocycles. The Hall–Kier alpha value is -2.00. The molecule has 1 aliphatic heterocycles. The second-order valence-corrected chi connectivity index (χ2v) is 5.75.